The lowest BCUT2D eigenvalue weighted by atomic mass is 10.1. The maximum atomic E-state index is 12.2. The van der Waals surface area contributed by atoms with Crippen molar-refractivity contribution in [2.75, 3.05) is 32.1 Å². The lowest BCUT2D eigenvalue weighted by molar-refractivity contribution is -0.141. The van der Waals surface area contributed by atoms with E-state index < -0.39 is 11.9 Å². The Labute approximate surface area is 113 Å². The number of carboxylic acid groups (broad SMARTS) is 1. The first-order valence-corrected chi connectivity index (χ1v) is 7.60. The summed E-state index contributed by atoms with van der Waals surface area (Å²) in [7, 11) is 1.79. The molecule has 1 aliphatic heterocycles. The monoisotopic (exact) mass is 274 g/mol. The minimum Gasteiger partial charge on any atom is -0.481 e. The van der Waals surface area contributed by atoms with Gasteiger partial charge in [0.05, 0.1) is 5.92 Å². The number of hydrogen-bond acceptors (Lipinski definition) is 3. The smallest absolute Gasteiger partial charge is 0.320 e. The number of likely N-dealkylation sites (tertiary alicyclic amines) is 1. The van der Waals surface area contributed by atoms with E-state index >= 15 is 0 Å². The Bertz CT molecular complexity index is 312. The second-order valence-corrected chi connectivity index (χ2v) is 5.78. The van der Waals surface area contributed by atoms with Crippen molar-refractivity contribution in [3.8, 4) is 0 Å². The number of urea groups is 1. The van der Waals surface area contributed by atoms with Crippen molar-refractivity contribution in [3.05, 3.63) is 0 Å². The number of carboxylic acids is 1. The van der Waals surface area contributed by atoms with Gasteiger partial charge >= 0.3 is 12.0 Å². The summed E-state index contributed by atoms with van der Waals surface area (Å²) in [5, 5.41) is 8.92. The van der Waals surface area contributed by atoms with Gasteiger partial charge in [-0.2, -0.15) is 11.8 Å². The third-order valence-electron chi connectivity index (χ3n) is 3.51. The fourth-order valence-corrected chi connectivity index (χ4v) is 2.61. The zero-order chi connectivity index (χ0) is 13.7. The van der Waals surface area contributed by atoms with Crippen LogP contribution >= 0.6 is 11.8 Å². The summed E-state index contributed by atoms with van der Waals surface area (Å²) in [6.07, 6.45) is 3.57. The average molecular weight is 274 g/mol. The Morgan fingerprint density at radius 2 is 2.22 bits per heavy atom. The van der Waals surface area contributed by atoms with Crippen molar-refractivity contribution < 1.29 is 14.7 Å². The van der Waals surface area contributed by atoms with E-state index in [0.717, 1.165) is 12.2 Å². The molecule has 1 heterocycles. The normalized spacial score (nSPS) is 20.8. The Morgan fingerprint density at radius 3 is 2.72 bits per heavy atom. The van der Waals surface area contributed by atoms with Crippen LogP contribution in [0.5, 0.6) is 0 Å². The van der Waals surface area contributed by atoms with E-state index in [1.165, 1.54) is 0 Å². The molecule has 0 aromatic carbocycles. The quantitative estimate of drug-likeness (QED) is 0.827. The number of rotatable bonds is 5. The van der Waals surface area contributed by atoms with Crippen LogP contribution in [-0.4, -0.2) is 65.1 Å². The molecule has 0 aromatic heterocycles. The summed E-state index contributed by atoms with van der Waals surface area (Å²) in [6.45, 7) is 2.92. The van der Waals surface area contributed by atoms with Crippen molar-refractivity contribution in [1.82, 2.24) is 9.80 Å². The minimum atomic E-state index is -0.802. The number of hydrogen-bond donors (Lipinski definition) is 1. The maximum absolute atomic E-state index is 12.2. The molecule has 0 aromatic rings. The summed E-state index contributed by atoms with van der Waals surface area (Å²) in [5.74, 6) is -0.177. The predicted molar refractivity (Wildman–Crippen MR) is 72.9 cm³/mol. The molecule has 1 rings (SSSR count). The van der Waals surface area contributed by atoms with E-state index in [1.54, 1.807) is 28.6 Å². The molecule has 104 valence electrons. The first kappa shape index (κ1) is 15.1. The number of carbonyl (C=O) groups is 2. The molecule has 0 bridgehead atoms. The molecule has 2 amide bonds. The molecule has 1 N–H and O–H groups in total. The average Bonchev–Trinajstić information content (AvgIpc) is 2.83. The van der Waals surface area contributed by atoms with E-state index in [0.29, 0.717) is 19.5 Å². The van der Waals surface area contributed by atoms with Gasteiger partial charge in [-0.3, -0.25) is 4.79 Å². The molecule has 18 heavy (non-hydrogen) atoms. The highest BCUT2D eigenvalue weighted by atomic mass is 32.2. The highest BCUT2D eigenvalue weighted by Crippen LogP contribution is 2.19. The number of nitrogens with zero attached hydrogens (tertiary/aromatic N) is 2. The number of carbonyl (C=O) groups excluding carboxylic acids is 1. The second-order valence-electron chi connectivity index (χ2n) is 4.79. The zero-order valence-corrected chi connectivity index (χ0v) is 12.1. The Morgan fingerprint density at radius 1 is 1.56 bits per heavy atom. The SMILES string of the molecule is CSCCC(C)N(C)C(=O)N1CCC(C(=O)O)C1. The highest BCUT2D eigenvalue weighted by molar-refractivity contribution is 7.98. The molecule has 2 atom stereocenters. The molecule has 1 aliphatic rings. The van der Waals surface area contributed by atoms with Gasteiger partial charge in [-0.25, -0.2) is 4.79 Å². The highest BCUT2D eigenvalue weighted by Gasteiger charge is 2.32. The largest absolute Gasteiger partial charge is 0.481 e. The Kier molecular flexibility index (Phi) is 5.78. The second kappa shape index (κ2) is 6.87. The third-order valence-corrected chi connectivity index (χ3v) is 4.15. The van der Waals surface area contributed by atoms with Gasteiger partial charge in [0.25, 0.3) is 0 Å². The molecule has 1 saturated heterocycles. The van der Waals surface area contributed by atoms with Gasteiger partial charge in [0.15, 0.2) is 0 Å². The van der Waals surface area contributed by atoms with E-state index in [2.05, 4.69) is 0 Å². The molecular formula is C12H22N2O3S. The molecule has 1 fully saturated rings. The van der Waals surface area contributed by atoms with Crippen LogP contribution in [0.4, 0.5) is 4.79 Å². The van der Waals surface area contributed by atoms with Gasteiger partial charge in [0, 0.05) is 26.2 Å². The topological polar surface area (TPSA) is 60.9 Å². The van der Waals surface area contributed by atoms with Crippen molar-refractivity contribution in [1.29, 1.82) is 0 Å². The van der Waals surface area contributed by atoms with Crippen LogP contribution in [-0.2, 0) is 4.79 Å². The van der Waals surface area contributed by atoms with Crippen LogP contribution in [0.25, 0.3) is 0 Å². The first-order chi connectivity index (χ1) is 8.47. The summed E-state index contributed by atoms with van der Waals surface area (Å²) < 4.78 is 0. The number of amides is 2. The van der Waals surface area contributed by atoms with Gasteiger partial charge in [-0.15, -0.1) is 0 Å². The van der Waals surface area contributed by atoms with Crippen LogP contribution in [0.1, 0.15) is 19.8 Å². The Balaban J connectivity index is 2.47. The van der Waals surface area contributed by atoms with Crippen LogP contribution in [0, 0.1) is 5.92 Å². The zero-order valence-electron chi connectivity index (χ0n) is 11.3. The van der Waals surface area contributed by atoms with Gasteiger partial charge in [0.1, 0.15) is 0 Å². The summed E-state index contributed by atoms with van der Waals surface area (Å²) in [4.78, 5) is 26.4. The van der Waals surface area contributed by atoms with Crippen molar-refractivity contribution in [2.24, 2.45) is 5.92 Å². The first-order valence-electron chi connectivity index (χ1n) is 6.20. The molecule has 0 spiro atoms. The molecule has 0 saturated carbocycles. The minimum absolute atomic E-state index is 0.0487. The maximum Gasteiger partial charge on any atom is 0.320 e. The molecule has 0 radical (unpaired) electrons. The summed E-state index contributed by atoms with van der Waals surface area (Å²) >= 11 is 1.77. The fraction of sp³-hybridized carbons (Fsp3) is 0.833. The summed E-state index contributed by atoms with van der Waals surface area (Å²) in [5.41, 5.74) is 0. The molecule has 0 aliphatic carbocycles. The molecule has 6 heteroatoms. The van der Waals surface area contributed by atoms with E-state index in [9.17, 15) is 9.59 Å². The van der Waals surface area contributed by atoms with E-state index in [1.807, 2.05) is 13.2 Å². The van der Waals surface area contributed by atoms with Gasteiger partial charge in [-0.1, -0.05) is 0 Å². The number of thioether (sulfide) groups is 1. The van der Waals surface area contributed by atoms with Crippen LogP contribution in [0.2, 0.25) is 0 Å². The lowest BCUT2D eigenvalue weighted by Gasteiger charge is -2.29. The molecule has 2 unspecified atom stereocenters. The van der Waals surface area contributed by atoms with Crippen LogP contribution in [0.15, 0.2) is 0 Å². The summed E-state index contributed by atoms with van der Waals surface area (Å²) in [6, 6.07) is 0.140. The van der Waals surface area contributed by atoms with Gasteiger partial charge in [0.2, 0.25) is 0 Å². The molecular weight excluding hydrogens is 252 g/mol. The predicted octanol–water partition coefficient (Wildman–Crippen LogP) is 1.59. The number of aliphatic carboxylic acids is 1. The van der Waals surface area contributed by atoms with Crippen molar-refractivity contribution >= 4 is 23.8 Å². The van der Waals surface area contributed by atoms with Crippen LogP contribution < -0.4 is 0 Å². The standard InChI is InChI=1S/C12H22N2O3S/c1-9(5-7-18-3)13(2)12(17)14-6-4-10(8-14)11(15)16/h9-10H,4-8H2,1-3H3,(H,15,16). The van der Waals surface area contributed by atoms with E-state index in [4.69, 9.17) is 5.11 Å². The van der Waals surface area contributed by atoms with Crippen LogP contribution in [0.3, 0.4) is 0 Å². The third kappa shape index (κ3) is 3.80. The Hall–Kier alpha value is -0.910. The van der Waals surface area contributed by atoms with Gasteiger partial charge < -0.3 is 14.9 Å². The lowest BCUT2D eigenvalue weighted by Crippen LogP contribution is -2.44. The molecule has 5 nitrogen and oxygen atoms in total. The van der Waals surface area contributed by atoms with Gasteiger partial charge in [-0.05, 0) is 31.8 Å². The van der Waals surface area contributed by atoms with Crippen molar-refractivity contribution in [2.45, 2.75) is 25.8 Å². The van der Waals surface area contributed by atoms with Crippen molar-refractivity contribution in [3.63, 3.8) is 0 Å². The fourth-order valence-electron chi connectivity index (χ4n) is 2.03. The van der Waals surface area contributed by atoms with E-state index in [-0.39, 0.29) is 12.1 Å².